The third kappa shape index (κ3) is 5.49. The first kappa shape index (κ1) is 21.8. The molecule has 0 aliphatic heterocycles. The Morgan fingerprint density at radius 1 is 1.32 bits per heavy atom. The van der Waals surface area contributed by atoms with Crippen LogP contribution in [0.2, 0.25) is 5.02 Å². The Hall–Kier alpha value is -2.52. The first-order chi connectivity index (χ1) is 13.1. The van der Waals surface area contributed by atoms with Crippen LogP contribution in [0.25, 0.3) is 0 Å². The number of anilines is 1. The number of hydrogen-bond donors (Lipinski definition) is 2. The van der Waals surface area contributed by atoms with Crippen LogP contribution in [0, 0.1) is 0 Å². The highest BCUT2D eigenvalue weighted by Crippen LogP contribution is 2.30. The molecule has 10 heteroatoms. The molecule has 1 aromatic carbocycles. The Morgan fingerprint density at radius 3 is 2.61 bits per heavy atom. The number of sulfonamides is 1. The van der Waals surface area contributed by atoms with Gasteiger partial charge in [0, 0.05) is 6.92 Å². The van der Waals surface area contributed by atoms with Crippen molar-refractivity contribution in [3.8, 4) is 0 Å². The van der Waals surface area contributed by atoms with E-state index in [1.807, 2.05) is 11.6 Å². The zero-order valence-electron chi connectivity index (χ0n) is 15.6. The molecule has 152 valence electrons. The minimum Gasteiger partial charge on any atom is -0.467 e. The maximum atomic E-state index is 12.6. The Labute approximate surface area is 168 Å². The highest BCUT2D eigenvalue weighted by molar-refractivity contribution is 7.90. The smallest absolute Gasteiger partial charge is 0.340 e. The number of rotatable bonds is 8. The Balaban J connectivity index is 2.46. The first-order valence-electron chi connectivity index (χ1n) is 8.48. The number of carbonyl (C=O) groups excluding carboxylic acids is 2. The summed E-state index contributed by atoms with van der Waals surface area (Å²) in [5, 5.41) is 2.83. The van der Waals surface area contributed by atoms with Gasteiger partial charge in [-0.2, -0.15) is 0 Å². The number of furan rings is 1. The van der Waals surface area contributed by atoms with Crippen molar-refractivity contribution in [3.63, 3.8) is 0 Å². The van der Waals surface area contributed by atoms with E-state index in [-0.39, 0.29) is 28.9 Å². The minimum absolute atomic E-state index is 0.0276. The predicted molar refractivity (Wildman–Crippen MR) is 104 cm³/mol. The van der Waals surface area contributed by atoms with E-state index in [2.05, 4.69) is 5.32 Å². The quantitative estimate of drug-likeness (QED) is 0.619. The van der Waals surface area contributed by atoms with Crippen LogP contribution in [0.1, 0.15) is 43.3 Å². The molecule has 2 rings (SSSR count). The lowest BCUT2D eigenvalue weighted by Crippen LogP contribution is -2.28. The van der Waals surface area contributed by atoms with E-state index in [1.54, 1.807) is 19.1 Å². The summed E-state index contributed by atoms with van der Waals surface area (Å²) < 4.78 is 37.1. The second-order valence-electron chi connectivity index (χ2n) is 6.05. The van der Waals surface area contributed by atoms with Crippen LogP contribution in [0.15, 0.2) is 39.8 Å². The van der Waals surface area contributed by atoms with Gasteiger partial charge in [0.1, 0.15) is 10.7 Å². The number of nitrogens with one attached hydrogen (secondary N) is 2. The van der Waals surface area contributed by atoms with Gasteiger partial charge in [0.05, 0.1) is 35.2 Å². The SMILES string of the molecule is CCC(C)OC(=O)c1cc(S(=O)(=O)NC(C)=O)c(Cl)cc1NCc1ccco1. The van der Waals surface area contributed by atoms with E-state index < -0.39 is 26.8 Å². The van der Waals surface area contributed by atoms with Gasteiger partial charge < -0.3 is 14.5 Å². The van der Waals surface area contributed by atoms with Crippen LogP contribution >= 0.6 is 11.6 Å². The molecule has 1 aromatic heterocycles. The summed E-state index contributed by atoms with van der Waals surface area (Å²) in [5.41, 5.74) is 0.247. The second-order valence-corrected chi connectivity index (χ2v) is 8.11. The van der Waals surface area contributed by atoms with Crippen molar-refractivity contribution >= 4 is 39.2 Å². The second kappa shape index (κ2) is 9.11. The van der Waals surface area contributed by atoms with Crippen molar-refractivity contribution in [1.29, 1.82) is 0 Å². The average Bonchev–Trinajstić information content (AvgIpc) is 3.11. The Bertz CT molecular complexity index is 957. The fraction of sp³-hybridized carbons (Fsp3) is 0.333. The highest BCUT2D eigenvalue weighted by atomic mass is 35.5. The third-order valence-electron chi connectivity index (χ3n) is 3.78. The van der Waals surface area contributed by atoms with Gasteiger partial charge in [-0.25, -0.2) is 17.9 Å². The summed E-state index contributed by atoms with van der Waals surface area (Å²) in [7, 11) is -4.24. The first-order valence-corrected chi connectivity index (χ1v) is 10.3. The molecule has 1 heterocycles. The molecule has 0 aliphatic rings. The monoisotopic (exact) mass is 428 g/mol. The number of ether oxygens (including phenoxy) is 1. The zero-order chi connectivity index (χ0) is 20.9. The minimum atomic E-state index is -4.24. The van der Waals surface area contributed by atoms with Crippen LogP contribution in [-0.2, 0) is 26.1 Å². The maximum absolute atomic E-state index is 12.6. The van der Waals surface area contributed by atoms with E-state index >= 15 is 0 Å². The molecule has 1 atom stereocenters. The molecule has 2 aromatic rings. The lowest BCUT2D eigenvalue weighted by molar-refractivity contribution is -0.117. The molecule has 0 saturated carbocycles. The van der Waals surface area contributed by atoms with Crippen LogP contribution < -0.4 is 10.0 Å². The van der Waals surface area contributed by atoms with Gasteiger partial charge in [0.25, 0.3) is 10.0 Å². The lowest BCUT2D eigenvalue weighted by atomic mass is 10.1. The van der Waals surface area contributed by atoms with E-state index in [0.29, 0.717) is 12.2 Å². The summed E-state index contributed by atoms with van der Waals surface area (Å²) in [6.45, 7) is 4.87. The normalized spacial score (nSPS) is 12.3. The number of esters is 1. The fourth-order valence-electron chi connectivity index (χ4n) is 2.24. The zero-order valence-corrected chi connectivity index (χ0v) is 17.2. The van der Waals surface area contributed by atoms with Gasteiger partial charge in [-0.05, 0) is 37.6 Å². The van der Waals surface area contributed by atoms with Crippen molar-refractivity contribution in [3.05, 3.63) is 46.9 Å². The standard InChI is InChI=1S/C18H21ClN2O6S/c1-4-11(2)27-18(23)14-8-17(28(24,25)21-12(3)22)15(19)9-16(14)20-10-13-6-5-7-26-13/h5-9,11,20H,4,10H2,1-3H3,(H,21,22). The molecular formula is C18H21ClN2O6S. The number of carbonyl (C=O) groups is 2. The van der Waals surface area contributed by atoms with Crippen molar-refractivity contribution in [2.75, 3.05) is 5.32 Å². The molecule has 0 radical (unpaired) electrons. The van der Waals surface area contributed by atoms with E-state index in [4.69, 9.17) is 20.8 Å². The summed E-state index contributed by atoms with van der Waals surface area (Å²) in [6.07, 6.45) is 1.73. The molecule has 0 bridgehead atoms. The molecular weight excluding hydrogens is 408 g/mol. The molecule has 2 N–H and O–H groups in total. The molecule has 0 fully saturated rings. The van der Waals surface area contributed by atoms with Crippen LogP contribution in [0.5, 0.6) is 0 Å². The van der Waals surface area contributed by atoms with Gasteiger partial charge in [-0.1, -0.05) is 18.5 Å². The summed E-state index contributed by atoms with van der Waals surface area (Å²) >= 11 is 6.12. The highest BCUT2D eigenvalue weighted by Gasteiger charge is 2.25. The van der Waals surface area contributed by atoms with Crippen LogP contribution in [-0.4, -0.2) is 26.4 Å². The fourth-order valence-corrected chi connectivity index (χ4v) is 3.79. The van der Waals surface area contributed by atoms with E-state index in [9.17, 15) is 18.0 Å². The third-order valence-corrected chi connectivity index (χ3v) is 5.67. The molecule has 0 spiro atoms. The van der Waals surface area contributed by atoms with E-state index in [0.717, 1.165) is 13.0 Å². The van der Waals surface area contributed by atoms with Gasteiger partial charge in [-0.3, -0.25) is 4.79 Å². The van der Waals surface area contributed by atoms with Gasteiger partial charge in [-0.15, -0.1) is 0 Å². The molecule has 8 nitrogen and oxygen atoms in total. The Kier molecular flexibility index (Phi) is 7.09. The van der Waals surface area contributed by atoms with Gasteiger partial charge >= 0.3 is 5.97 Å². The average molecular weight is 429 g/mol. The molecule has 0 saturated heterocycles. The Morgan fingerprint density at radius 2 is 2.04 bits per heavy atom. The maximum Gasteiger partial charge on any atom is 0.340 e. The number of amides is 1. The van der Waals surface area contributed by atoms with E-state index in [1.165, 1.54) is 12.3 Å². The predicted octanol–water partition coefficient (Wildman–Crippen LogP) is 3.33. The number of halogens is 1. The lowest BCUT2D eigenvalue weighted by Gasteiger charge is -2.16. The summed E-state index contributed by atoms with van der Waals surface area (Å²) in [6, 6.07) is 5.84. The molecule has 1 amide bonds. The largest absolute Gasteiger partial charge is 0.467 e. The van der Waals surface area contributed by atoms with Crippen LogP contribution in [0.3, 0.4) is 0 Å². The number of benzene rings is 1. The topological polar surface area (TPSA) is 115 Å². The van der Waals surface area contributed by atoms with Crippen LogP contribution in [0.4, 0.5) is 5.69 Å². The summed E-state index contributed by atoms with van der Waals surface area (Å²) in [5.74, 6) is -0.889. The van der Waals surface area contributed by atoms with Crippen molar-refractivity contribution in [2.45, 2.75) is 44.7 Å². The van der Waals surface area contributed by atoms with Crippen molar-refractivity contribution in [1.82, 2.24) is 4.72 Å². The molecule has 0 aliphatic carbocycles. The van der Waals surface area contributed by atoms with Gasteiger partial charge in [0.15, 0.2) is 0 Å². The van der Waals surface area contributed by atoms with Gasteiger partial charge in [0.2, 0.25) is 5.91 Å². The van der Waals surface area contributed by atoms with Crippen molar-refractivity contribution in [2.24, 2.45) is 0 Å². The molecule has 28 heavy (non-hydrogen) atoms. The number of hydrogen-bond acceptors (Lipinski definition) is 7. The molecule has 1 unspecified atom stereocenters. The summed E-state index contributed by atoms with van der Waals surface area (Å²) in [4.78, 5) is 23.4. The van der Waals surface area contributed by atoms with Crippen molar-refractivity contribution < 1.29 is 27.2 Å².